The van der Waals surface area contributed by atoms with Gasteiger partial charge in [-0.1, -0.05) is 24.6 Å². The van der Waals surface area contributed by atoms with Crippen molar-refractivity contribution in [2.45, 2.75) is 20.3 Å². The van der Waals surface area contributed by atoms with Crippen LogP contribution in [-0.2, 0) is 11.2 Å². The highest BCUT2D eigenvalue weighted by molar-refractivity contribution is 6.31. The Balaban J connectivity index is 2.12. The zero-order chi connectivity index (χ0) is 19.3. The van der Waals surface area contributed by atoms with Crippen molar-refractivity contribution < 1.29 is 19.0 Å². The molecule has 0 bridgehead atoms. The molecule has 0 heterocycles. The molecule has 2 rings (SSSR count). The van der Waals surface area contributed by atoms with Crippen LogP contribution in [0, 0.1) is 12.8 Å². The first-order valence-corrected chi connectivity index (χ1v) is 8.63. The van der Waals surface area contributed by atoms with Crippen LogP contribution in [0.2, 0.25) is 5.02 Å². The second kappa shape index (κ2) is 8.81. The molecule has 140 valence electrons. The fourth-order valence-corrected chi connectivity index (χ4v) is 2.79. The maximum absolute atomic E-state index is 12.6. The number of ether oxygens (including phenoxy) is 3. The van der Waals surface area contributed by atoms with E-state index in [0.717, 1.165) is 11.1 Å². The molecule has 0 radical (unpaired) electrons. The average molecular weight is 378 g/mol. The summed E-state index contributed by atoms with van der Waals surface area (Å²) < 4.78 is 15.9. The van der Waals surface area contributed by atoms with Gasteiger partial charge in [-0.25, -0.2) is 0 Å². The van der Waals surface area contributed by atoms with E-state index in [1.165, 1.54) is 0 Å². The summed E-state index contributed by atoms with van der Waals surface area (Å²) in [5, 5.41) is 3.52. The molecule has 0 saturated carbocycles. The van der Waals surface area contributed by atoms with Gasteiger partial charge in [-0.3, -0.25) is 4.79 Å². The molecule has 5 nitrogen and oxygen atoms in total. The topological polar surface area (TPSA) is 56.8 Å². The number of benzene rings is 2. The van der Waals surface area contributed by atoms with Crippen molar-refractivity contribution in [3.63, 3.8) is 0 Å². The molecule has 6 heteroatoms. The molecule has 0 fully saturated rings. The van der Waals surface area contributed by atoms with E-state index in [9.17, 15) is 4.79 Å². The number of hydrogen-bond donors (Lipinski definition) is 1. The standard InChI is InChI=1S/C20H24ClNO4/c1-12-9-16(18(25-4)11-15(12)21)22-20(23)13(2)8-14-6-7-17(24-3)19(10-14)26-5/h6-7,9-11,13H,8H2,1-5H3,(H,22,23). The molecular weight excluding hydrogens is 354 g/mol. The van der Waals surface area contributed by atoms with Crippen LogP contribution in [0.25, 0.3) is 0 Å². The summed E-state index contributed by atoms with van der Waals surface area (Å²) in [7, 11) is 4.73. The predicted octanol–water partition coefficient (Wildman–Crippen LogP) is 4.49. The van der Waals surface area contributed by atoms with Crippen molar-refractivity contribution in [1.29, 1.82) is 0 Å². The van der Waals surface area contributed by atoms with E-state index >= 15 is 0 Å². The molecule has 1 amide bonds. The number of halogens is 1. The maximum atomic E-state index is 12.6. The van der Waals surface area contributed by atoms with E-state index in [2.05, 4.69) is 5.32 Å². The van der Waals surface area contributed by atoms with Crippen LogP contribution in [-0.4, -0.2) is 27.2 Å². The normalized spacial score (nSPS) is 11.6. The van der Waals surface area contributed by atoms with Gasteiger partial charge in [0.05, 0.1) is 27.0 Å². The second-order valence-electron chi connectivity index (χ2n) is 6.09. The highest BCUT2D eigenvalue weighted by atomic mass is 35.5. The van der Waals surface area contributed by atoms with Gasteiger partial charge in [0, 0.05) is 17.0 Å². The largest absolute Gasteiger partial charge is 0.495 e. The number of rotatable bonds is 7. The predicted molar refractivity (Wildman–Crippen MR) is 104 cm³/mol. The Morgan fingerprint density at radius 2 is 1.69 bits per heavy atom. The molecule has 1 atom stereocenters. The van der Waals surface area contributed by atoms with Crippen LogP contribution in [0.3, 0.4) is 0 Å². The molecule has 1 N–H and O–H groups in total. The number of anilines is 1. The fourth-order valence-electron chi connectivity index (χ4n) is 2.64. The van der Waals surface area contributed by atoms with Gasteiger partial charge in [0.25, 0.3) is 0 Å². The lowest BCUT2D eigenvalue weighted by atomic mass is 9.99. The minimum Gasteiger partial charge on any atom is -0.495 e. The number of hydrogen-bond acceptors (Lipinski definition) is 4. The Kier molecular flexibility index (Phi) is 6.75. The Bertz CT molecular complexity index is 792. The number of aryl methyl sites for hydroxylation is 1. The Morgan fingerprint density at radius 3 is 2.31 bits per heavy atom. The third kappa shape index (κ3) is 4.61. The molecule has 2 aromatic carbocycles. The molecule has 0 saturated heterocycles. The number of methoxy groups -OCH3 is 3. The zero-order valence-corrected chi connectivity index (χ0v) is 16.4. The molecule has 0 aromatic heterocycles. The number of carbonyl (C=O) groups is 1. The lowest BCUT2D eigenvalue weighted by Gasteiger charge is -2.16. The first-order valence-electron chi connectivity index (χ1n) is 8.25. The van der Waals surface area contributed by atoms with Crippen molar-refractivity contribution in [3.05, 3.63) is 46.5 Å². The molecule has 0 aliphatic rings. The first kappa shape index (κ1) is 19.9. The summed E-state index contributed by atoms with van der Waals surface area (Å²) in [4.78, 5) is 12.6. The van der Waals surface area contributed by atoms with E-state index < -0.39 is 0 Å². The van der Waals surface area contributed by atoms with Gasteiger partial charge >= 0.3 is 0 Å². The minimum absolute atomic E-state index is 0.0974. The Labute approximate surface area is 159 Å². The lowest BCUT2D eigenvalue weighted by Crippen LogP contribution is -2.22. The molecule has 0 aliphatic carbocycles. The van der Waals surface area contributed by atoms with E-state index in [0.29, 0.717) is 34.4 Å². The van der Waals surface area contributed by atoms with Crippen LogP contribution in [0.5, 0.6) is 17.2 Å². The van der Waals surface area contributed by atoms with Crippen LogP contribution < -0.4 is 19.5 Å². The first-order chi connectivity index (χ1) is 12.4. The molecule has 0 spiro atoms. The quantitative estimate of drug-likeness (QED) is 0.772. The van der Waals surface area contributed by atoms with Crippen LogP contribution >= 0.6 is 11.6 Å². The monoisotopic (exact) mass is 377 g/mol. The number of nitrogens with one attached hydrogen (secondary N) is 1. The van der Waals surface area contributed by atoms with E-state index in [1.54, 1.807) is 27.4 Å². The smallest absolute Gasteiger partial charge is 0.227 e. The summed E-state index contributed by atoms with van der Waals surface area (Å²) in [6, 6.07) is 9.16. The molecule has 1 unspecified atom stereocenters. The molecular formula is C20H24ClNO4. The fraction of sp³-hybridized carbons (Fsp3) is 0.350. The number of carbonyl (C=O) groups excluding carboxylic acids is 1. The van der Waals surface area contributed by atoms with Crippen molar-refractivity contribution in [1.82, 2.24) is 0 Å². The third-order valence-electron chi connectivity index (χ3n) is 4.18. The minimum atomic E-state index is -0.242. The second-order valence-corrected chi connectivity index (χ2v) is 6.49. The molecule has 2 aromatic rings. The van der Waals surface area contributed by atoms with E-state index in [1.807, 2.05) is 38.1 Å². The summed E-state index contributed by atoms with van der Waals surface area (Å²) in [5.41, 5.74) is 2.47. The van der Waals surface area contributed by atoms with Crippen molar-refractivity contribution >= 4 is 23.2 Å². The highest BCUT2D eigenvalue weighted by Crippen LogP contribution is 2.32. The number of amides is 1. The van der Waals surface area contributed by atoms with Crippen molar-refractivity contribution in [2.24, 2.45) is 5.92 Å². The van der Waals surface area contributed by atoms with Gasteiger partial charge < -0.3 is 19.5 Å². The van der Waals surface area contributed by atoms with Crippen molar-refractivity contribution in [3.8, 4) is 17.2 Å². The summed E-state index contributed by atoms with van der Waals surface area (Å²) >= 11 is 6.11. The SMILES string of the molecule is COc1cc(Cl)c(C)cc1NC(=O)C(C)Cc1ccc(OC)c(OC)c1. The van der Waals surface area contributed by atoms with Gasteiger partial charge in [0.15, 0.2) is 11.5 Å². The highest BCUT2D eigenvalue weighted by Gasteiger charge is 2.17. The van der Waals surface area contributed by atoms with E-state index in [4.69, 9.17) is 25.8 Å². The lowest BCUT2D eigenvalue weighted by molar-refractivity contribution is -0.119. The molecule has 26 heavy (non-hydrogen) atoms. The summed E-state index contributed by atoms with van der Waals surface area (Å²) in [6.45, 7) is 3.76. The average Bonchev–Trinajstić information content (AvgIpc) is 2.64. The molecule has 0 aliphatic heterocycles. The maximum Gasteiger partial charge on any atom is 0.227 e. The third-order valence-corrected chi connectivity index (χ3v) is 4.58. The van der Waals surface area contributed by atoms with Crippen LogP contribution in [0.1, 0.15) is 18.1 Å². The Hall–Kier alpha value is -2.40. The van der Waals surface area contributed by atoms with Gasteiger partial charge in [-0.15, -0.1) is 0 Å². The van der Waals surface area contributed by atoms with Crippen molar-refractivity contribution in [2.75, 3.05) is 26.6 Å². The van der Waals surface area contributed by atoms with Gasteiger partial charge in [0.2, 0.25) is 5.91 Å². The van der Waals surface area contributed by atoms with Gasteiger partial charge in [0.1, 0.15) is 5.75 Å². The Morgan fingerprint density at radius 1 is 1.04 bits per heavy atom. The van der Waals surface area contributed by atoms with Crippen LogP contribution in [0.15, 0.2) is 30.3 Å². The summed E-state index contributed by atoms with van der Waals surface area (Å²) in [5.74, 6) is 1.50. The van der Waals surface area contributed by atoms with Gasteiger partial charge in [-0.05, 0) is 42.7 Å². The van der Waals surface area contributed by atoms with E-state index in [-0.39, 0.29) is 11.8 Å². The van der Waals surface area contributed by atoms with Gasteiger partial charge in [-0.2, -0.15) is 0 Å². The van der Waals surface area contributed by atoms with Crippen LogP contribution in [0.4, 0.5) is 5.69 Å². The summed E-state index contributed by atoms with van der Waals surface area (Å²) in [6.07, 6.45) is 0.571. The zero-order valence-electron chi connectivity index (χ0n) is 15.7.